The third-order valence-electron chi connectivity index (χ3n) is 4.01. The van der Waals surface area contributed by atoms with Crippen molar-refractivity contribution in [2.45, 2.75) is 6.92 Å². The quantitative estimate of drug-likeness (QED) is 0.389. The monoisotopic (exact) mass is 493 g/mol. The molecular formula is C21H24BrN3O6. The van der Waals surface area contributed by atoms with E-state index in [2.05, 4.69) is 31.8 Å². The van der Waals surface area contributed by atoms with Gasteiger partial charge in [0.05, 0.1) is 40.7 Å². The van der Waals surface area contributed by atoms with Crippen molar-refractivity contribution >= 4 is 34.0 Å². The summed E-state index contributed by atoms with van der Waals surface area (Å²) >= 11 is 3.41. The average Bonchev–Trinajstić information content (AvgIpc) is 2.78. The lowest BCUT2D eigenvalue weighted by Gasteiger charge is -2.14. The molecule has 0 aliphatic rings. The maximum absolute atomic E-state index is 12.4. The molecule has 0 heterocycles. The van der Waals surface area contributed by atoms with Crippen molar-refractivity contribution in [1.82, 2.24) is 10.7 Å². The van der Waals surface area contributed by atoms with Crippen LogP contribution in [0.1, 0.15) is 22.8 Å². The number of methoxy groups -OCH3 is 3. The van der Waals surface area contributed by atoms with Crippen LogP contribution in [0.5, 0.6) is 23.0 Å². The molecule has 0 aliphatic carbocycles. The lowest BCUT2D eigenvalue weighted by Crippen LogP contribution is -2.35. The van der Waals surface area contributed by atoms with E-state index in [9.17, 15) is 9.59 Å². The molecule has 2 aromatic carbocycles. The van der Waals surface area contributed by atoms with Gasteiger partial charge in [-0.05, 0) is 37.3 Å². The number of nitrogens with zero attached hydrogens (tertiary/aromatic N) is 1. The van der Waals surface area contributed by atoms with E-state index in [-0.39, 0.29) is 12.1 Å². The number of hydrogen-bond donors (Lipinski definition) is 2. The van der Waals surface area contributed by atoms with Crippen molar-refractivity contribution in [1.29, 1.82) is 0 Å². The highest BCUT2D eigenvalue weighted by Crippen LogP contribution is 2.38. The first-order valence-electron chi connectivity index (χ1n) is 9.25. The number of nitrogens with one attached hydrogen (secondary N) is 2. The Kier molecular flexibility index (Phi) is 9.13. The zero-order valence-electron chi connectivity index (χ0n) is 17.7. The summed E-state index contributed by atoms with van der Waals surface area (Å²) in [5, 5.41) is 6.43. The molecule has 10 heteroatoms. The summed E-state index contributed by atoms with van der Waals surface area (Å²) in [7, 11) is 4.37. The van der Waals surface area contributed by atoms with E-state index in [1.54, 1.807) is 6.07 Å². The molecular weight excluding hydrogens is 470 g/mol. The fourth-order valence-corrected chi connectivity index (χ4v) is 2.91. The maximum Gasteiger partial charge on any atom is 0.259 e. The summed E-state index contributed by atoms with van der Waals surface area (Å²) in [5.74, 6) is 0.755. The van der Waals surface area contributed by atoms with E-state index in [0.717, 1.165) is 10.0 Å². The molecule has 2 N–H and O–H groups in total. The molecule has 0 saturated heterocycles. The number of hydrazone groups is 1. The van der Waals surface area contributed by atoms with E-state index in [0.29, 0.717) is 29.6 Å². The maximum atomic E-state index is 12.4. The largest absolute Gasteiger partial charge is 0.494 e. The van der Waals surface area contributed by atoms with Gasteiger partial charge in [0.25, 0.3) is 11.8 Å². The molecule has 0 unspecified atom stereocenters. The molecule has 2 rings (SSSR count). The van der Waals surface area contributed by atoms with Crippen LogP contribution in [-0.4, -0.2) is 52.5 Å². The van der Waals surface area contributed by atoms with Gasteiger partial charge in [-0.25, -0.2) is 5.43 Å². The van der Waals surface area contributed by atoms with Crippen molar-refractivity contribution in [3.8, 4) is 23.0 Å². The molecule has 0 spiro atoms. The number of benzene rings is 2. The fraction of sp³-hybridized carbons (Fsp3) is 0.286. The molecule has 0 atom stereocenters. The van der Waals surface area contributed by atoms with Gasteiger partial charge in [-0.2, -0.15) is 5.10 Å². The lowest BCUT2D eigenvalue weighted by atomic mass is 10.1. The zero-order chi connectivity index (χ0) is 22.8. The van der Waals surface area contributed by atoms with E-state index >= 15 is 0 Å². The molecule has 0 saturated carbocycles. The number of carbonyl (C=O) groups is 2. The Morgan fingerprint density at radius 3 is 2.32 bits per heavy atom. The number of ether oxygens (including phenoxy) is 4. The predicted octanol–water partition coefficient (Wildman–Crippen LogP) is 2.75. The van der Waals surface area contributed by atoms with Crippen LogP contribution in [0.4, 0.5) is 0 Å². The number of hydrogen-bond acceptors (Lipinski definition) is 7. The van der Waals surface area contributed by atoms with Gasteiger partial charge in [0.2, 0.25) is 5.75 Å². The summed E-state index contributed by atoms with van der Waals surface area (Å²) in [6.45, 7) is 2.16. The van der Waals surface area contributed by atoms with Crippen molar-refractivity contribution < 1.29 is 28.5 Å². The van der Waals surface area contributed by atoms with Gasteiger partial charge in [-0.3, -0.25) is 9.59 Å². The molecule has 2 aromatic rings. The fourth-order valence-electron chi connectivity index (χ4n) is 2.57. The second-order valence-corrected chi connectivity index (χ2v) is 6.86. The standard InChI is InChI=1S/C21H24BrN3O6/c1-5-31-15-6-7-16(22)14(8-15)11-24-25-19(26)12-23-21(27)13-9-17(28-2)20(30-4)18(10-13)29-3/h6-11H,5,12H2,1-4H3,(H,23,27)(H,25,26)/b24-11-. The molecule has 166 valence electrons. The first-order valence-corrected chi connectivity index (χ1v) is 10.0. The van der Waals surface area contributed by atoms with Crippen LogP contribution >= 0.6 is 15.9 Å². The smallest absolute Gasteiger partial charge is 0.259 e. The molecule has 0 bridgehead atoms. The molecule has 2 amide bonds. The van der Waals surface area contributed by atoms with E-state index in [1.165, 1.54) is 39.7 Å². The summed E-state index contributed by atoms with van der Waals surface area (Å²) in [6, 6.07) is 8.43. The summed E-state index contributed by atoms with van der Waals surface area (Å²) in [6.07, 6.45) is 1.48. The first-order chi connectivity index (χ1) is 14.9. The third kappa shape index (κ3) is 6.61. The minimum Gasteiger partial charge on any atom is -0.494 e. The van der Waals surface area contributed by atoms with Gasteiger partial charge >= 0.3 is 0 Å². The normalized spacial score (nSPS) is 10.5. The van der Waals surface area contributed by atoms with Crippen LogP contribution in [0.25, 0.3) is 0 Å². The molecule has 0 radical (unpaired) electrons. The number of amides is 2. The van der Waals surface area contributed by atoms with Gasteiger partial charge < -0.3 is 24.3 Å². The second kappa shape index (κ2) is 11.8. The molecule has 0 fully saturated rings. The van der Waals surface area contributed by atoms with Crippen LogP contribution < -0.4 is 29.7 Å². The highest BCUT2D eigenvalue weighted by Gasteiger charge is 2.17. The summed E-state index contributed by atoms with van der Waals surface area (Å²) in [4.78, 5) is 24.4. The minimum atomic E-state index is -0.492. The van der Waals surface area contributed by atoms with Crippen LogP contribution in [-0.2, 0) is 4.79 Å². The van der Waals surface area contributed by atoms with Crippen molar-refractivity contribution in [2.24, 2.45) is 5.10 Å². The van der Waals surface area contributed by atoms with Gasteiger partial charge in [0.15, 0.2) is 11.5 Å². The Balaban J connectivity index is 1.96. The SMILES string of the molecule is CCOc1ccc(Br)c(/C=N\NC(=O)CNC(=O)c2cc(OC)c(OC)c(OC)c2)c1. The summed E-state index contributed by atoms with van der Waals surface area (Å²) < 4.78 is 21.9. The van der Waals surface area contributed by atoms with Crippen LogP contribution in [0.2, 0.25) is 0 Å². The number of halogens is 1. The molecule has 31 heavy (non-hydrogen) atoms. The topological polar surface area (TPSA) is 107 Å². The highest BCUT2D eigenvalue weighted by atomic mass is 79.9. The third-order valence-corrected chi connectivity index (χ3v) is 4.73. The molecule has 0 aromatic heterocycles. The van der Waals surface area contributed by atoms with Crippen molar-refractivity contribution in [2.75, 3.05) is 34.5 Å². The Morgan fingerprint density at radius 2 is 1.74 bits per heavy atom. The molecule has 0 aliphatic heterocycles. The van der Waals surface area contributed by atoms with Crippen LogP contribution in [0.15, 0.2) is 39.9 Å². The number of rotatable bonds is 10. The van der Waals surface area contributed by atoms with Gasteiger partial charge in [-0.1, -0.05) is 15.9 Å². The van der Waals surface area contributed by atoms with E-state index in [4.69, 9.17) is 18.9 Å². The average molecular weight is 494 g/mol. The van der Waals surface area contributed by atoms with Crippen molar-refractivity contribution in [3.63, 3.8) is 0 Å². The Bertz CT molecular complexity index is 939. The highest BCUT2D eigenvalue weighted by molar-refractivity contribution is 9.10. The second-order valence-electron chi connectivity index (χ2n) is 6.01. The first kappa shape index (κ1) is 24.0. The predicted molar refractivity (Wildman–Crippen MR) is 119 cm³/mol. The van der Waals surface area contributed by atoms with Gasteiger partial charge in [0, 0.05) is 15.6 Å². The molecule has 9 nitrogen and oxygen atoms in total. The van der Waals surface area contributed by atoms with E-state index in [1.807, 2.05) is 19.1 Å². The Hall–Kier alpha value is -3.27. The van der Waals surface area contributed by atoms with Crippen LogP contribution in [0, 0.1) is 0 Å². The van der Waals surface area contributed by atoms with Crippen molar-refractivity contribution in [3.05, 3.63) is 45.9 Å². The van der Waals surface area contributed by atoms with E-state index < -0.39 is 11.8 Å². The Morgan fingerprint density at radius 1 is 1.06 bits per heavy atom. The minimum absolute atomic E-state index is 0.252. The van der Waals surface area contributed by atoms with Crippen LogP contribution in [0.3, 0.4) is 0 Å². The zero-order valence-corrected chi connectivity index (χ0v) is 19.2. The van der Waals surface area contributed by atoms with Gasteiger partial charge in [-0.15, -0.1) is 0 Å². The lowest BCUT2D eigenvalue weighted by molar-refractivity contribution is -0.120. The van der Waals surface area contributed by atoms with Gasteiger partial charge in [0.1, 0.15) is 5.75 Å². The number of carbonyl (C=O) groups excluding carboxylic acids is 2. The Labute approximate surface area is 188 Å². The summed E-state index contributed by atoms with van der Waals surface area (Å²) in [5.41, 5.74) is 3.35.